The number of nitrogens with two attached hydrogens (primary N) is 1. The third-order valence-corrected chi connectivity index (χ3v) is 4.01. The molecule has 0 bridgehead atoms. The van der Waals surface area contributed by atoms with Crippen molar-refractivity contribution in [3.05, 3.63) is 30.1 Å². The fourth-order valence-electron chi connectivity index (χ4n) is 2.07. The van der Waals surface area contributed by atoms with E-state index in [0.29, 0.717) is 17.3 Å². The van der Waals surface area contributed by atoms with Crippen LogP contribution in [-0.2, 0) is 0 Å². The molecular formula is C15H18N6S. The average molecular weight is 314 g/mol. The summed E-state index contributed by atoms with van der Waals surface area (Å²) < 4.78 is 1.13. The lowest BCUT2D eigenvalue weighted by Crippen LogP contribution is -2.14. The second-order valence-electron chi connectivity index (χ2n) is 5.40. The highest BCUT2D eigenvalue weighted by Crippen LogP contribution is 2.31. The molecule has 6 nitrogen and oxygen atoms in total. The Hall–Kier alpha value is -2.41. The van der Waals surface area contributed by atoms with Crippen LogP contribution in [0, 0.1) is 6.92 Å². The molecule has 0 saturated heterocycles. The Bertz CT molecular complexity index is 811. The van der Waals surface area contributed by atoms with Crippen LogP contribution in [0.25, 0.3) is 10.2 Å². The van der Waals surface area contributed by atoms with Crippen LogP contribution in [0.15, 0.2) is 24.5 Å². The molecule has 1 aromatic carbocycles. The van der Waals surface area contributed by atoms with Gasteiger partial charge in [0.1, 0.15) is 12.0 Å². The van der Waals surface area contributed by atoms with Gasteiger partial charge in [-0.2, -0.15) is 0 Å². The Kier molecular flexibility index (Phi) is 3.81. The lowest BCUT2D eigenvalue weighted by molar-refractivity contribution is 0.887. The summed E-state index contributed by atoms with van der Waals surface area (Å²) in [5, 5.41) is 7.15. The van der Waals surface area contributed by atoms with Crippen molar-refractivity contribution in [2.45, 2.75) is 26.8 Å². The molecule has 0 fully saturated rings. The molecule has 3 rings (SSSR count). The molecule has 0 spiro atoms. The molecule has 114 valence electrons. The van der Waals surface area contributed by atoms with E-state index in [1.54, 1.807) is 11.3 Å². The molecule has 0 radical (unpaired) electrons. The molecule has 3 aromatic rings. The Balaban J connectivity index is 1.91. The van der Waals surface area contributed by atoms with E-state index in [1.807, 2.05) is 19.9 Å². The number of aryl methyl sites for hydroxylation is 1. The third-order valence-electron chi connectivity index (χ3n) is 3.08. The molecule has 2 heterocycles. The fourth-order valence-corrected chi connectivity index (χ4v) is 3.03. The van der Waals surface area contributed by atoms with Crippen molar-refractivity contribution in [1.29, 1.82) is 0 Å². The molecule has 0 atom stereocenters. The lowest BCUT2D eigenvalue weighted by atomic mass is 10.2. The zero-order valence-electron chi connectivity index (χ0n) is 12.7. The minimum absolute atomic E-state index is 0.246. The number of nitrogen functional groups attached to an aromatic ring is 1. The molecule has 0 saturated carbocycles. The molecule has 2 aromatic heterocycles. The molecule has 7 heteroatoms. The number of rotatable bonds is 4. The van der Waals surface area contributed by atoms with Crippen LogP contribution in [0.2, 0.25) is 0 Å². The smallest absolute Gasteiger partial charge is 0.189 e. The second kappa shape index (κ2) is 5.76. The first-order valence-electron chi connectivity index (χ1n) is 7.04. The Morgan fingerprint density at radius 1 is 1.18 bits per heavy atom. The minimum Gasteiger partial charge on any atom is -0.393 e. The van der Waals surface area contributed by atoms with Gasteiger partial charge in [-0.3, -0.25) is 0 Å². The molecule has 0 unspecified atom stereocenters. The van der Waals surface area contributed by atoms with Gasteiger partial charge in [-0.25, -0.2) is 15.0 Å². The van der Waals surface area contributed by atoms with Gasteiger partial charge in [0, 0.05) is 6.04 Å². The van der Waals surface area contributed by atoms with Crippen molar-refractivity contribution in [2.75, 3.05) is 16.4 Å². The molecule has 4 N–H and O–H groups in total. The molecule has 0 amide bonds. The Labute approximate surface area is 132 Å². The van der Waals surface area contributed by atoms with Gasteiger partial charge in [0.25, 0.3) is 0 Å². The first-order chi connectivity index (χ1) is 10.5. The predicted octanol–water partition coefficient (Wildman–Crippen LogP) is 3.54. The maximum Gasteiger partial charge on any atom is 0.189 e. The van der Waals surface area contributed by atoms with Gasteiger partial charge in [-0.1, -0.05) is 17.4 Å². The number of anilines is 4. The molecule has 0 aliphatic carbocycles. The van der Waals surface area contributed by atoms with Crippen molar-refractivity contribution in [3.8, 4) is 0 Å². The van der Waals surface area contributed by atoms with Crippen molar-refractivity contribution < 1.29 is 0 Å². The van der Waals surface area contributed by atoms with Gasteiger partial charge in [-0.05, 0) is 38.5 Å². The number of hydrogen-bond acceptors (Lipinski definition) is 7. The van der Waals surface area contributed by atoms with E-state index in [2.05, 4.69) is 44.6 Å². The minimum atomic E-state index is 0.246. The van der Waals surface area contributed by atoms with Crippen molar-refractivity contribution in [1.82, 2.24) is 15.0 Å². The van der Waals surface area contributed by atoms with Crippen molar-refractivity contribution in [2.24, 2.45) is 0 Å². The highest BCUT2D eigenvalue weighted by molar-refractivity contribution is 7.22. The number of nitrogens with one attached hydrogen (secondary N) is 2. The summed E-state index contributed by atoms with van der Waals surface area (Å²) in [4.78, 5) is 12.9. The van der Waals surface area contributed by atoms with E-state index in [-0.39, 0.29) is 6.04 Å². The van der Waals surface area contributed by atoms with Crippen LogP contribution in [0.4, 0.5) is 22.5 Å². The summed E-state index contributed by atoms with van der Waals surface area (Å²) in [7, 11) is 0. The van der Waals surface area contributed by atoms with Gasteiger partial charge in [-0.15, -0.1) is 0 Å². The number of thiazole rings is 1. The number of aromatic nitrogens is 3. The van der Waals surface area contributed by atoms with E-state index < -0.39 is 0 Å². The zero-order chi connectivity index (χ0) is 15.7. The molecular weight excluding hydrogens is 296 g/mol. The van der Waals surface area contributed by atoms with Gasteiger partial charge in [0.15, 0.2) is 16.8 Å². The first kappa shape index (κ1) is 14.5. The maximum atomic E-state index is 6.12. The highest BCUT2D eigenvalue weighted by atomic mass is 32.1. The lowest BCUT2D eigenvalue weighted by Gasteiger charge is -2.13. The van der Waals surface area contributed by atoms with Crippen LogP contribution in [0.1, 0.15) is 19.4 Å². The fraction of sp³-hybridized carbons (Fsp3) is 0.267. The average Bonchev–Trinajstić information content (AvgIpc) is 2.84. The zero-order valence-corrected chi connectivity index (χ0v) is 13.5. The Morgan fingerprint density at radius 2 is 1.95 bits per heavy atom. The molecule has 0 aliphatic rings. The van der Waals surface area contributed by atoms with Gasteiger partial charge in [0.2, 0.25) is 0 Å². The molecule has 22 heavy (non-hydrogen) atoms. The second-order valence-corrected chi connectivity index (χ2v) is 6.43. The number of benzene rings is 1. The quantitative estimate of drug-likeness (QED) is 0.682. The van der Waals surface area contributed by atoms with Crippen LogP contribution < -0.4 is 16.4 Å². The van der Waals surface area contributed by atoms with Crippen LogP contribution in [0.5, 0.6) is 0 Å². The third kappa shape index (κ3) is 2.94. The summed E-state index contributed by atoms with van der Waals surface area (Å²) in [5.41, 5.74) is 8.80. The largest absolute Gasteiger partial charge is 0.393 e. The SMILES string of the molecule is Cc1ccc2nc(Nc3ncnc(NC(C)C)c3N)sc2c1. The van der Waals surface area contributed by atoms with Gasteiger partial charge in [0.05, 0.1) is 10.2 Å². The summed E-state index contributed by atoms with van der Waals surface area (Å²) in [6.45, 7) is 6.13. The van der Waals surface area contributed by atoms with Crippen LogP contribution in [-0.4, -0.2) is 21.0 Å². The standard InChI is InChI=1S/C15H18N6S/c1-8(2)19-13-12(16)14(18-7-17-13)21-15-20-10-5-4-9(3)6-11(10)22-15/h4-8H,16H2,1-3H3,(H2,17,18,19,20,21). The summed E-state index contributed by atoms with van der Waals surface area (Å²) in [6, 6.07) is 6.43. The number of hydrogen-bond donors (Lipinski definition) is 3. The van der Waals surface area contributed by atoms with Gasteiger partial charge < -0.3 is 16.4 Å². The van der Waals surface area contributed by atoms with Crippen LogP contribution in [0.3, 0.4) is 0 Å². The summed E-state index contributed by atoms with van der Waals surface area (Å²) in [5.74, 6) is 1.19. The monoisotopic (exact) mass is 314 g/mol. The topological polar surface area (TPSA) is 88.8 Å². The predicted molar refractivity (Wildman–Crippen MR) is 92.8 cm³/mol. The molecule has 0 aliphatic heterocycles. The number of fused-ring (bicyclic) bond motifs is 1. The first-order valence-corrected chi connectivity index (χ1v) is 7.86. The van der Waals surface area contributed by atoms with Crippen molar-refractivity contribution >= 4 is 44.0 Å². The van der Waals surface area contributed by atoms with E-state index in [4.69, 9.17) is 5.73 Å². The van der Waals surface area contributed by atoms with Crippen molar-refractivity contribution in [3.63, 3.8) is 0 Å². The summed E-state index contributed by atoms with van der Waals surface area (Å²) in [6.07, 6.45) is 1.49. The highest BCUT2D eigenvalue weighted by Gasteiger charge is 2.11. The maximum absolute atomic E-state index is 6.12. The van der Waals surface area contributed by atoms with E-state index in [1.165, 1.54) is 11.9 Å². The summed E-state index contributed by atoms with van der Waals surface area (Å²) >= 11 is 1.58. The van der Waals surface area contributed by atoms with E-state index in [9.17, 15) is 0 Å². The normalized spacial score (nSPS) is 11.1. The van der Waals surface area contributed by atoms with E-state index in [0.717, 1.165) is 15.3 Å². The Morgan fingerprint density at radius 3 is 2.73 bits per heavy atom. The van der Waals surface area contributed by atoms with Gasteiger partial charge >= 0.3 is 0 Å². The number of nitrogens with zero attached hydrogens (tertiary/aromatic N) is 3. The van der Waals surface area contributed by atoms with Crippen LogP contribution >= 0.6 is 11.3 Å². The van der Waals surface area contributed by atoms with E-state index >= 15 is 0 Å².